The van der Waals surface area contributed by atoms with Crippen molar-refractivity contribution in [3.63, 3.8) is 0 Å². The zero-order valence-electron chi connectivity index (χ0n) is 12.3. The molecule has 21 heavy (non-hydrogen) atoms. The Kier molecular flexibility index (Phi) is 4.23. The zero-order chi connectivity index (χ0) is 14.7. The molecule has 2 heterocycles. The maximum atomic E-state index is 12.7. The Morgan fingerprint density at radius 2 is 1.86 bits per heavy atom. The molecule has 0 aromatic heterocycles. The summed E-state index contributed by atoms with van der Waals surface area (Å²) >= 11 is 0. The summed E-state index contributed by atoms with van der Waals surface area (Å²) in [6.07, 6.45) is 4.23. The van der Waals surface area contributed by atoms with Crippen LogP contribution in [0.1, 0.15) is 31.2 Å². The van der Waals surface area contributed by atoms with Crippen LogP contribution in [0.4, 0.5) is 0 Å². The first-order valence-corrected chi connectivity index (χ1v) is 7.88. The fourth-order valence-electron chi connectivity index (χ4n) is 3.31. The average molecular weight is 286 g/mol. The number of carbonyl (C=O) groups is 2. The van der Waals surface area contributed by atoms with Crippen LogP contribution in [0.2, 0.25) is 0 Å². The van der Waals surface area contributed by atoms with E-state index in [0.29, 0.717) is 19.5 Å². The van der Waals surface area contributed by atoms with Gasteiger partial charge in [0.25, 0.3) is 0 Å². The molecule has 1 aromatic rings. The van der Waals surface area contributed by atoms with Gasteiger partial charge in [0.05, 0.1) is 0 Å². The van der Waals surface area contributed by atoms with Crippen molar-refractivity contribution in [3.05, 3.63) is 35.9 Å². The number of nitrogens with zero attached hydrogens (tertiary/aromatic N) is 2. The van der Waals surface area contributed by atoms with E-state index in [1.165, 1.54) is 5.56 Å². The van der Waals surface area contributed by atoms with Crippen molar-refractivity contribution in [1.82, 2.24) is 9.80 Å². The lowest BCUT2D eigenvalue weighted by Crippen LogP contribution is -2.50. The van der Waals surface area contributed by atoms with Crippen LogP contribution in [0.3, 0.4) is 0 Å². The number of amides is 2. The second-order valence-corrected chi connectivity index (χ2v) is 5.91. The van der Waals surface area contributed by atoms with Gasteiger partial charge in [-0.05, 0) is 31.2 Å². The smallest absolute Gasteiger partial charge is 0.245 e. The van der Waals surface area contributed by atoms with Crippen molar-refractivity contribution in [2.24, 2.45) is 0 Å². The molecule has 2 amide bonds. The standard InChI is InChI=1S/C17H22N2O2/c20-16-10-13-18(12-9-14-6-2-1-3-7-14)17(21)15-8-4-5-11-19(15)16/h1-3,6-7,15H,4-5,8-13H2. The molecule has 0 radical (unpaired) electrons. The molecule has 1 atom stereocenters. The third-order valence-electron chi connectivity index (χ3n) is 4.53. The molecule has 1 unspecified atom stereocenters. The fraction of sp³-hybridized carbons (Fsp3) is 0.529. The Labute approximate surface area is 125 Å². The number of hydrogen-bond acceptors (Lipinski definition) is 2. The van der Waals surface area contributed by atoms with Gasteiger partial charge in [-0.1, -0.05) is 30.3 Å². The number of fused-ring (bicyclic) bond motifs is 1. The molecular weight excluding hydrogens is 264 g/mol. The molecule has 3 rings (SSSR count). The summed E-state index contributed by atoms with van der Waals surface area (Å²) in [4.78, 5) is 28.5. The molecule has 2 saturated heterocycles. The van der Waals surface area contributed by atoms with Crippen molar-refractivity contribution in [3.8, 4) is 0 Å². The quantitative estimate of drug-likeness (QED) is 0.850. The molecule has 0 saturated carbocycles. The first kappa shape index (κ1) is 14.1. The van der Waals surface area contributed by atoms with Gasteiger partial charge in [-0.3, -0.25) is 9.59 Å². The molecule has 0 bridgehead atoms. The summed E-state index contributed by atoms with van der Waals surface area (Å²) in [6.45, 7) is 2.03. The number of rotatable bonds is 3. The molecule has 0 aliphatic carbocycles. The molecule has 2 aliphatic heterocycles. The number of carbonyl (C=O) groups excluding carboxylic acids is 2. The van der Waals surface area contributed by atoms with Gasteiger partial charge in [0.2, 0.25) is 11.8 Å². The number of benzene rings is 1. The Bertz CT molecular complexity index is 515. The van der Waals surface area contributed by atoms with Crippen molar-refractivity contribution in [1.29, 1.82) is 0 Å². The van der Waals surface area contributed by atoms with Crippen molar-refractivity contribution in [2.45, 2.75) is 38.1 Å². The molecule has 1 aromatic carbocycles. The lowest BCUT2D eigenvalue weighted by molar-refractivity contribution is -0.143. The van der Waals surface area contributed by atoms with E-state index < -0.39 is 0 Å². The lowest BCUT2D eigenvalue weighted by atomic mass is 10.0. The van der Waals surface area contributed by atoms with Crippen LogP contribution in [0, 0.1) is 0 Å². The molecule has 2 aliphatic rings. The minimum absolute atomic E-state index is 0.148. The average Bonchev–Trinajstić information content (AvgIpc) is 2.66. The van der Waals surface area contributed by atoms with Crippen LogP contribution in [0.15, 0.2) is 30.3 Å². The Hall–Kier alpha value is -1.84. The second kappa shape index (κ2) is 6.29. The van der Waals surface area contributed by atoms with E-state index in [0.717, 1.165) is 32.2 Å². The SMILES string of the molecule is O=C1C2CCCCN2C(=O)CCN1CCc1ccccc1. The summed E-state index contributed by atoms with van der Waals surface area (Å²) in [5.41, 5.74) is 1.24. The normalized spacial score (nSPS) is 23.0. The summed E-state index contributed by atoms with van der Waals surface area (Å²) in [7, 11) is 0. The van der Waals surface area contributed by atoms with Crippen LogP contribution < -0.4 is 0 Å². The van der Waals surface area contributed by atoms with Crippen LogP contribution in [-0.4, -0.2) is 47.3 Å². The van der Waals surface area contributed by atoms with Crippen LogP contribution in [0.5, 0.6) is 0 Å². The van der Waals surface area contributed by atoms with E-state index in [1.807, 2.05) is 28.0 Å². The van der Waals surface area contributed by atoms with Gasteiger partial charge in [0, 0.05) is 26.1 Å². The maximum Gasteiger partial charge on any atom is 0.245 e. The molecule has 2 fully saturated rings. The predicted octanol–water partition coefficient (Wildman–Crippen LogP) is 1.84. The highest BCUT2D eigenvalue weighted by molar-refractivity contribution is 5.90. The summed E-state index contributed by atoms with van der Waals surface area (Å²) in [5.74, 6) is 0.298. The maximum absolute atomic E-state index is 12.7. The molecular formula is C17H22N2O2. The second-order valence-electron chi connectivity index (χ2n) is 5.91. The predicted molar refractivity (Wildman–Crippen MR) is 80.7 cm³/mol. The summed E-state index contributed by atoms with van der Waals surface area (Å²) < 4.78 is 0. The number of piperidine rings is 1. The van der Waals surface area contributed by atoms with E-state index in [4.69, 9.17) is 0 Å². The highest BCUT2D eigenvalue weighted by Crippen LogP contribution is 2.23. The molecule has 0 N–H and O–H groups in total. The van der Waals surface area contributed by atoms with Crippen LogP contribution >= 0.6 is 0 Å². The summed E-state index contributed by atoms with van der Waals surface area (Å²) in [5, 5.41) is 0. The van der Waals surface area contributed by atoms with E-state index in [2.05, 4.69) is 12.1 Å². The minimum Gasteiger partial charge on any atom is -0.340 e. The van der Waals surface area contributed by atoms with Crippen LogP contribution in [0.25, 0.3) is 0 Å². The zero-order valence-corrected chi connectivity index (χ0v) is 12.3. The van der Waals surface area contributed by atoms with Crippen molar-refractivity contribution >= 4 is 11.8 Å². The molecule has 0 spiro atoms. The largest absolute Gasteiger partial charge is 0.340 e. The molecule has 4 nitrogen and oxygen atoms in total. The third-order valence-corrected chi connectivity index (χ3v) is 4.53. The van der Waals surface area contributed by atoms with Gasteiger partial charge < -0.3 is 9.80 Å². The topological polar surface area (TPSA) is 40.6 Å². The van der Waals surface area contributed by atoms with Crippen molar-refractivity contribution in [2.75, 3.05) is 19.6 Å². The van der Waals surface area contributed by atoms with Gasteiger partial charge >= 0.3 is 0 Å². The monoisotopic (exact) mass is 286 g/mol. The van der Waals surface area contributed by atoms with Gasteiger partial charge in [0.1, 0.15) is 6.04 Å². The molecule has 4 heteroatoms. The highest BCUT2D eigenvalue weighted by Gasteiger charge is 2.37. The Balaban J connectivity index is 1.68. The molecule has 112 valence electrons. The van der Waals surface area contributed by atoms with E-state index in [9.17, 15) is 9.59 Å². The van der Waals surface area contributed by atoms with Gasteiger partial charge in [0.15, 0.2) is 0 Å². The first-order chi connectivity index (χ1) is 10.3. The van der Waals surface area contributed by atoms with Crippen LogP contribution in [-0.2, 0) is 16.0 Å². The highest BCUT2D eigenvalue weighted by atomic mass is 16.2. The first-order valence-electron chi connectivity index (χ1n) is 7.88. The fourth-order valence-corrected chi connectivity index (χ4v) is 3.31. The number of hydrogen-bond donors (Lipinski definition) is 0. The van der Waals surface area contributed by atoms with Gasteiger partial charge in [-0.2, -0.15) is 0 Å². The van der Waals surface area contributed by atoms with E-state index in [-0.39, 0.29) is 17.9 Å². The van der Waals surface area contributed by atoms with E-state index >= 15 is 0 Å². The van der Waals surface area contributed by atoms with Crippen molar-refractivity contribution < 1.29 is 9.59 Å². The Morgan fingerprint density at radius 1 is 1.05 bits per heavy atom. The minimum atomic E-state index is -0.204. The van der Waals surface area contributed by atoms with Gasteiger partial charge in [-0.25, -0.2) is 0 Å². The lowest BCUT2D eigenvalue weighted by Gasteiger charge is -2.34. The van der Waals surface area contributed by atoms with E-state index in [1.54, 1.807) is 0 Å². The summed E-state index contributed by atoms with van der Waals surface area (Å²) in [6, 6.07) is 10.0. The third kappa shape index (κ3) is 3.09. The van der Waals surface area contributed by atoms with Gasteiger partial charge in [-0.15, -0.1) is 0 Å². The Morgan fingerprint density at radius 3 is 2.67 bits per heavy atom.